The van der Waals surface area contributed by atoms with Gasteiger partial charge in [-0.1, -0.05) is 18.3 Å². The minimum atomic E-state index is 0.828. The van der Waals surface area contributed by atoms with Gasteiger partial charge in [0.2, 0.25) is 0 Å². The third kappa shape index (κ3) is 2.66. The monoisotopic (exact) mass is 253 g/mol. The average Bonchev–Trinajstić information content (AvgIpc) is 2.87. The predicted octanol–water partition coefficient (Wildman–Crippen LogP) is 3.07. The molecule has 0 radical (unpaired) electrons. The molecule has 0 saturated heterocycles. The van der Waals surface area contributed by atoms with Crippen LogP contribution in [-0.4, -0.2) is 16.7 Å². The first-order valence-corrected chi connectivity index (χ1v) is 7.13. The van der Waals surface area contributed by atoms with E-state index in [1.165, 1.54) is 11.1 Å². The Bertz CT molecular complexity index is 448. The van der Waals surface area contributed by atoms with Gasteiger partial charge in [0.15, 0.2) is 0 Å². The quantitative estimate of drug-likeness (QED) is 0.832. The van der Waals surface area contributed by atoms with Gasteiger partial charge in [-0.05, 0) is 30.8 Å². The first kappa shape index (κ1) is 11.7. The topological polar surface area (TPSA) is 37.8 Å². The van der Waals surface area contributed by atoms with Crippen LogP contribution in [0.2, 0.25) is 0 Å². The van der Waals surface area contributed by atoms with Gasteiger partial charge in [0.25, 0.3) is 0 Å². The van der Waals surface area contributed by atoms with Crippen LogP contribution in [0.25, 0.3) is 10.6 Å². The van der Waals surface area contributed by atoms with Crippen LogP contribution >= 0.6 is 22.7 Å². The lowest BCUT2D eigenvalue weighted by atomic mass is 10.2. The molecule has 86 valence electrons. The Morgan fingerprint density at radius 3 is 2.88 bits per heavy atom. The van der Waals surface area contributed by atoms with Gasteiger partial charge in [0, 0.05) is 17.5 Å². The Balaban J connectivity index is 2.05. The summed E-state index contributed by atoms with van der Waals surface area (Å²) < 4.78 is 0. The summed E-state index contributed by atoms with van der Waals surface area (Å²) in [5.41, 5.74) is 2.51. The highest BCUT2D eigenvalue weighted by Gasteiger charge is 2.09. The van der Waals surface area contributed by atoms with E-state index in [2.05, 4.69) is 40.1 Å². The second-order valence-corrected chi connectivity index (χ2v) is 5.45. The Kier molecular flexibility index (Phi) is 4.04. The van der Waals surface area contributed by atoms with Gasteiger partial charge < -0.3 is 5.32 Å². The molecule has 0 bridgehead atoms. The molecule has 5 heteroatoms. The largest absolute Gasteiger partial charge is 0.310 e. The zero-order chi connectivity index (χ0) is 11.4. The first-order valence-electron chi connectivity index (χ1n) is 5.37. The van der Waals surface area contributed by atoms with E-state index >= 15 is 0 Å². The number of nitrogens with one attached hydrogen (secondary N) is 1. The highest BCUT2D eigenvalue weighted by Crippen LogP contribution is 2.29. The standard InChI is InChI=1S/C11H15N3S2/c1-3-4-12-5-10-13-14-11(16-10)9-7-15-6-8(9)2/h6-7,12H,3-5H2,1-2H3. The van der Waals surface area contributed by atoms with Crippen molar-refractivity contribution in [3.63, 3.8) is 0 Å². The summed E-state index contributed by atoms with van der Waals surface area (Å²) in [6.45, 7) is 6.14. The molecule has 2 rings (SSSR count). The molecule has 0 unspecified atom stereocenters. The second-order valence-electron chi connectivity index (χ2n) is 3.65. The summed E-state index contributed by atoms with van der Waals surface area (Å²) in [7, 11) is 0. The minimum Gasteiger partial charge on any atom is -0.310 e. The zero-order valence-corrected chi connectivity index (χ0v) is 11.1. The second kappa shape index (κ2) is 5.52. The zero-order valence-electron chi connectivity index (χ0n) is 9.49. The Morgan fingerprint density at radius 1 is 1.31 bits per heavy atom. The van der Waals surface area contributed by atoms with Crippen LogP contribution in [0.15, 0.2) is 10.8 Å². The molecule has 0 spiro atoms. The number of hydrogen-bond acceptors (Lipinski definition) is 5. The summed E-state index contributed by atoms with van der Waals surface area (Å²) in [4.78, 5) is 0. The van der Waals surface area contributed by atoms with Crippen molar-refractivity contribution in [1.29, 1.82) is 0 Å². The molecule has 0 aliphatic rings. The third-order valence-corrected chi connectivity index (χ3v) is 4.07. The Hall–Kier alpha value is -0.780. The smallest absolute Gasteiger partial charge is 0.148 e. The number of aryl methyl sites for hydroxylation is 1. The fraction of sp³-hybridized carbons (Fsp3) is 0.455. The van der Waals surface area contributed by atoms with Gasteiger partial charge >= 0.3 is 0 Å². The summed E-state index contributed by atoms with van der Waals surface area (Å²) >= 11 is 3.39. The van der Waals surface area contributed by atoms with Gasteiger partial charge in [0.05, 0.1) is 0 Å². The van der Waals surface area contributed by atoms with Crippen LogP contribution in [0.1, 0.15) is 23.9 Å². The van der Waals surface area contributed by atoms with Gasteiger partial charge in [-0.25, -0.2) is 0 Å². The van der Waals surface area contributed by atoms with E-state index in [9.17, 15) is 0 Å². The van der Waals surface area contributed by atoms with Crippen LogP contribution in [0.5, 0.6) is 0 Å². The summed E-state index contributed by atoms with van der Waals surface area (Å²) in [6, 6.07) is 0. The molecule has 3 nitrogen and oxygen atoms in total. The normalized spacial score (nSPS) is 10.9. The molecule has 1 N–H and O–H groups in total. The lowest BCUT2D eigenvalue weighted by molar-refractivity contribution is 0.668. The van der Waals surface area contributed by atoms with E-state index < -0.39 is 0 Å². The first-order chi connectivity index (χ1) is 7.81. The minimum absolute atomic E-state index is 0.828. The molecular formula is C11H15N3S2. The molecule has 16 heavy (non-hydrogen) atoms. The summed E-state index contributed by atoms with van der Waals surface area (Å²) in [6.07, 6.45) is 1.15. The van der Waals surface area contributed by atoms with E-state index in [1.54, 1.807) is 22.7 Å². The van der Waals surface area contributed by atoms with Crippen LogP contribution in [0.4, 0.5) is 0 Å². The van der Waals surface area contributed by atoms with Gasteiger partial charge in [-0.3, -0.25) is 0 Å². The van der Waals surface area contributed by atoms with E-state index in [1.807, 2.05) is 0 Å². The molecule has 0 saturated carbocycles. The predicted molar refractivity (Wildman–Crippen MR) is 70.0 cm³/mol. The number of thiophene rings is 1. The van der Waals surface area contributed by atoms with Crippen molar-refractivity contribution >= 4 is 22.7 Å². The van der Waals surface area contributed by atoms with Crippen LogP contribution in [0.3, 0.4) is 0 Å². The van der Waals surface area contributed by atoms with Crippen molar-refractivity contribution in [3.05, 3.63) is 21.3 Å². The summed E-state index contributed by atoms with van der Waals surface area (Å²) in [5, 5.41) is 18.1. The molecule has 0 atom stereocenters. The van der Waals surface area contributed by atoms with Crippen molar-refractivity contribution in [3.8, 4) is 10.6 Å². The van der Waals surface area contributed by atoms with E-state index in [4.69, 9.17) is 0 Å². The highest BCUT2D eigenvalue weighted by molar-refractivity contribution is 7.15. The van der Waals surface area contributed by atoms with Crippen LogP contribution in [-0.2, 0) is 6.54 Å². The van der Waals surface area contributed by atoms with Gasteiger partial charge in [0.1, 0.15) is 10.0 Å². The maximum Gasteiger partial charge on any atom is 0.148 e. The number of rotatable bonds is 5. The van der Waals surface area contributed by atoms with Crippen LogP contribution in [0, 0.1) is 6.92 Å². The molecular weight excluding hydrogens is 238 g/mol. The Labute approximate surface area is 104 Å². The molecule has 0 amide bonds. The molecule has 0 fully saturated rings. The van der Waals surface area contributed by atoms with E-state index in [0.29, 0.717) is 0 Å². The Morgan fingerprint density at radius 2 is 2.19 bits per heavy atom. The fourth-order valence-electron chi connectivity index (χ4n) is 1.39. The van der Waals surface area contributed by atoms with Gasteiger partial charge in [-0.2, -0.15) is 11.3 Å². The van der Waals surface area contributed by atoms with Crippen molar-refractivity contribution in [2.24, 2.45) is 0 Å². The molecule has 2 heterocycles. The maximum atomic E-state index is 4.23. The van der Waals surface area contributed by atoms with Crippen molar-refractivity contribution in [2.45, 2.75) is 26.8 Å². The van der Waals surface area contributed by atoms with Crippen molar-refractivity contribution in [1.82, 2.24) is 15.5 Å². The van der Waals surface area contributed by atoms with Gasteiger partial charge in [-0.15, -0.1) is 10.2 Å². The van der Waals surface area contributed by atoms with Crippen molar-refractivity contribution < 1.29 is 0 Å². The SMILES string of the molecule is CCCNCc1nnc(-c2cscc2C)s1. The maximum absolute atomic E-state index is 4.23. The van der Waals surface area contributed by atoms with Crippen molar-refractivity contribution in [2.75, 3.05) is 6.54 Å². The number of aromatic nitrogens is 2. The molecule has 2 aromatic rings. The van der Waals surface area contributed by atoms with E-state index in [0.717, 1.165) is 29.5 Å². The van der Waals surface area contributed by atoms with E-state index in [-0.39, 0.29) is 0 Å². The molecule has 0 aliphatic carbocycles. The number of hydrogen-bond donors (Lipinski definition) is 1. The average molecular weight is 253 g/mol. The van der Waals surface area contributed by atoms with Crippen LogP contribution < -0.4 is 5.32 Å². The molecule has 0 aromatic carbocycles. The lowest BCUT2D eigenvalue weighted by Gasteiger charge is -1.96. The summed E-state index contributed by atoms with van der Waals surface area (Å²) in [5.74, 6) is 0. The fourth-order valence-corrected chi connectivity index (χ4v) is 3.18. The molecule has 0 aliphatic heterocycles. The molecule has 2 aromatic heterocycles. The third-order valence-electron chi connectivity index (χ3n) is 2.26. The highest BCUT2D eigenvalue weighted by atomic mass is 32.1. The number of nitrogens with zero attached hydrogens (tertiary/aromatic N) is 2. The lowest BCUT2D eigenvalue weighted by Crippen LogP contribution is -2.13.